The van der Waals surface area contributed by atoms with Gasteiger partial charge in [0.2, 0.25) is 0 Å². The Labute approximate surface area is 200 Å². The topological polar surface area (TPSA) is 55.3 Å². The van der Waals surface area contributed by atoms with Crippen LogP contribution in [0.15, 0.2) is 4.99 Å². The molecule has 0 aromatic heterocycles. The van der Waals surface area contributed by atoms with Gasteiger partial charge in [-0.15, -0.1) is 24.0 Å². The highest BCUT2D eigenvalue weighted by molar-refractivity contribution is 14.0. The molecule has 7 heteroatoms. The van der Waals surface area contributed by atoms with Crippen molar-refractivity contribution < 1.29 is 14.2 Å². The van der Waals surface area contributed by atoms with Crippen LogP contribution in [0.5, 0.6) is 0 Å². The van der Waals surface area contributed by atoms with Crippen LogP contribution in [0.4, 0.5) is 0 Å². The minimum Gasteiger partial charge on any atom is -0.376 e. The summed E-state index contributed by atoms with van der Waals surface area (Å²) in [5, 5.41) is 3.52. The van der Waals surface area contributed by atoms with Gasteiger partial charge in [0.05, 0.1) is 31.0 Å². The molecule has 6 nitrogen and oxygen atoms in total. The average Bonchev–Trinajstić information content (AvgIpc) is 3.29. The summed E-state index contributed by atoms with van der Waals surface area (Å²) < 4.78 is 18.2. The second-order valence-corrected chi connectivity index (χ2v) is 8.92. The van der Waals surface area contributed by atoms with Gasteiger partial charge in [-0.1, -0.05) is 26.2 Å². The molecule has 3 fully saturated rings. The molecule has 0 spiro atoms. The molecule has 1 unspecified atom stereocenters. The minimum atomic E-state index is -0.0440. The first-order valence-corrected chi connectivity index (χ1v) is 12.1. The smallest absolute Gasteiger partial charge is 0.194 e. The van der Waals surface area contributed by atoms with Crippen molar-refractivity contribution in [3.05, 3.63) is 0 Å². The van der Waals surface area contributed by atoms with Crippen LogP contribution in [0, 0.1) is 0 Å². The van der Waals surface area contributed by atoms with Crippen LogP contribution in [-0.2, 0) is 14.2 Å². The SMILES string of the molecule is CCCOC1(CN=C(NCC)N2CCC(OCC3CCCO3)CC2)CCCCC1.I. The van der Waals surface area contributed by atoms with Crippen molar-refractivity contribution in [3.8, 4) is 0 Å². The summed E-state index contributed by atoms with van der Waals surface area (Å²) in [5.41, 5.74) is -0.0440. The number of hydrogen-bond acceptors (Lipinski definition) is 4. The van der Waals surface area contributed by atoms with E-state index in [9.17, 15) is 0 Å². The first-order chi connectivity index (χ1) is 14.2. The van der Waals surface area contributed by atoms with E-state index in [-0.39, 0.29) is 29.6 Å². The van der Waals surface area contributed by atoms with E-state index >= 15 is 0 Å². The van der Waals surface area contributed by atoms with Crippen molar-refractivity contribution in [2.45, 2.75) is 95.9 Å². The van der Waals surface area contributed by atoms with Crippen molar-refractivity contribution in [3.63, 3.8) is 0 Å². The van der Waals surface area contributed by atoms with Crippen LogP contribution >= 0.6 is 24.0 Å². The summed E-state index contributed by atoms with van der Waals surface area (Å²) >= 11 is 0. The Bertz CT molecular complexity index is 486. The third kappa shape index (κ3) is 8.10. The molecule has 0 amide bonds. The Morgan fingerprint density at radius 1 is 1.10 bits per heavy atom. The maximum Gasteiger partial charge on any atom is 0.194 e. The second kappa shape index (κ2) is 14.1. The van der Waals surface area contributed by atoms with E-state index in [1.807, 2.05) is 0 Å². The van der Waals surface area contributed by atoms with Gasteiger partial charge < -0.3 is 24.4 Å². The van der Waals surface area contributed by atoms with Gasteiger partial charge >= 0.3 is 0 Å². The van der Waals surface area contributed by atoms with Gasteiger partial charge in [-0.2, -0.15) is 0 Å². The maximum atomic E-state index is 6.35. The molecule has 2 aliphatic heterocycles. The summed E-state index contributed by atoms with van der Waals surface area (Å²) in [6.07, 6.45) is 12.4. The second-order valence-electron chi connectivity index (χ2n) is 8.92. The average molecular weight is 538 g/mol. The number of ether oxygens (including phenoxy) is 3. The van der Waals surface area contributed by atoms with Crippen LogP contribution in [0.25, 0.3) is 0 Å². The molecule has 0 bridgehead atoms. The van der Waals surface area contributed by atoms with Gasteiger partial charge in [-0.3, -0.25) is 4.99 Å². The van der Waals surface area contributed by atoms with Crippen molar-refractivity contribution in [2.75, 3.05) is 46.0 Å². The number of rotatable bonds is 9. The molecule has 2 heterocycles. The van der Waals surface area contributed by atoms with E-state index in [4.69, 9.17) is 19.2 Å². The van der Waals surface area contributed by atoms with E-state index in [0.717, 1.165) is 90.5 Å². The standard InChI is InChI=1S/C23H43N3O3.HI/c1-3-16-29-23(12-6-5-7-13-23)19-25-22(24-4-2)26-14-10-20(11-15-26)28-18-21-9-8-17-27-21;/h20-21H,3-19H2,1-2H3,(H,24,25);1H. The summed E-state index contributed by atoms with van der Waals surface area (Å²) in [4.78, 5) is 7.47. The Kier molecular flexibility index (Phi) is 12.3. The predicted molar refractivity (Wildman–Crippen MR) is 133 cm³/mol. The number of guanidine groups is 1. The summed E-state index contributed by atoms with van der Waals surface area (Å²) in [5.74, 6) is 1.05. The van der Waals surface area contributed by atoms with Gasteiger partial charge in [0.1, 0.15) is 0 Å². The summed E-state index contributed by atoms with van der Waals surface area (Å²) in [6, 6.07) is 0. The van der Waals surface area contributed by atoms with Crippen molar-refractivity contribution in [2.24, 2.45) is 4.99 Å². The highest BCUT2D eigenvalue weighted by atomic mass is 127. The van der Waals surface area contributed by atoms with Crippen LogP contribution in [0.1, 0.15) is 78.1 Å². The van der Waals surface area contributed by atoms with Gasteiger partial charge in [0, 0.05) is 32.8 Å². The third-order valence-corrected chi connectivity index (χ3v) is 6.51. The fraction of sp³-hybridized carbons (Fsp3) is 0.957. The highest BCUT2D eigenvalue weighted by Gasteiger charge is 2.33. The van der Waals surface area contributed by atoms with Gasteiger partial charge in [0.15, 0.2) is 5.96 Å². The number of nitrogens with zero attached hydrogens (tertiary/aromatic N) is 2. The zero-order valence-electron chi connectivity index (χ0n) is 19.2. The fourth-order valence-electron chi connectivity index (χ4n) is 4.76. The Morgan fingerprint density at radius 2 is 1.87 bits per heavy atom. The molecule has 3 aliphatic rings. The lowest BCUT2D eigenvalue weighted by molar-refractivity contribution is -0.0627. The normalized spacial score (nSPS) is 25.2. The summed E-state index contributed by atoms with van der Waals surface area (Å²) in [7, 11) is 0. The summed E-state index contributed by atoms with van der Waals surface area (Å²) in [6.45, 7) is 10.5. The molecule has 1 saturated carbocycles. The number of likely N-dealkylation sites (tertiary alicyclic amines) is 1. The van der Waals surface area contributed by atoms with Crippen LogP contribution in [0.2, 0.25) is 0 Å². The lowest BCUT2D eigenvalue weighted by atomic mass is 9.84. The molecule has 1 N–H and O–H groups in total. The van der Waals surface area contributed by atoms with E-state index < -0.39 is 0 Å². The molecular formula is C23H44IN3O3. The van der Waals surface area contributed by atoms with Gasteiger partial charge in [-0.05, 0) is 51.9 Å². The monoisotopic (exact) mass is 537 g/mol. The van der Waals surface area contributed by atoms with E-state index in [1.165, 1.54) is 25.7 Å². The first-order valence-electron chi connectivity index (χ1n) is 12.1. The van der Waals surface area contributed by atoms with Crippen LogP contribution in [-0.4, -0.2) is 74.7 Å². The lowest BCUT2D eigenvalue weighted by Crippen LogP contribution is -2.48. The number of aliphatic imine (C=N–C) groups is 1. The zero-order chi connectivity index (χ0) is 20.4. The predicted octanol–water partition coefficient (Wildman–Crippen LogP) is 4.36. The minimum absolute atomic E-state index is 0. The van der Waals surface area contributed by atoms with E-state index in [0.29, 0.717) is 12.2 Å². The Hall–Kier alpha value is -0.120. The van der Waals surface area contributed by atoms with Crippen LogP contribution < -0.4 is 5.32 Å². The number of piperidine rings is 1. The molecule has 176 valence electrons. The molecule has 0 aromatic carbocycles. The fourth-order valence-corrected chi connectivity index (χ4v) is 4.76. The van der Waals surface area contributed by atoms with Crippen molar-refractivity contribution >= 4 is 29.9 Å². The molecule has 1 atom stereocenters. The van der Waals surface area contributed by atoms with E-state index in [1.54, 1.807) is 0 Å². The quantitative estimate of drug-likeness (QED) is 0.269. The highest BCUT2D eigenvalue weighted by Crippen LogP contribution is 2.32. The van der Waals surface area contributed by atoms with Crippen molar-refractivity contribution in [1.82, 2.24) is 10.2 Å². The number of nitrogens with one attached hydrogen (secondary N) is 1. The number of halogens is 1. The van der Waals surface area contributed by atoms with Crippen molar-refractivity contribution in [1.29, 1.82) is 0 Å². The third-order valence-electron chi connectivity index (χ3n) is 6.51. The van der Waals surface area contributed by atoms with Crippen LogP contribution in [0.3, 0.4) is 0 Å². The molecule has 2 saturated heterocycles. The largest absolute Gasteiger partial charge is 0.376 e. The molecule has 0 radical (unpaired) electrons. The van der Waals surface area contributed by atoms with E-state index in [2.05, 4.69) is 24.1 Å². The van der Waals surface area contributed by atoms with Gasteiger partial charge in [0.25, 0.3) is 0 Å². The Balaban J connectivity index is 0.00000320. The Morgan fingerprint density at radius 3 is 2.50 bits per heavy atom. The molecular weight excluding hydrogens is 493 g/mol. The zero-order valence-corrected chi connectivity index (χ0v) is 21.5. The maximum absolute atomic E-state index is 6.35. The molecule has 1 aliphatic carbocycles. The van der Waals surface area contributed by atoms with Gasteiger partial charge in [-0.25, -0.2) is 0 Å². The lowest BCUT2D eigenvalue weighted by Gasteiger charge is -2.38. The number of hydrogen-bond donors (Lipinski definition) is 1. The molecule has 30 heavy (non-hydrogen) atoms. The molecule has 0 aromatic rings. The first kappa shape index (κ1) is 26.1. The molecule has 3 rings (SSSR count).